The Balaban J connectivity index is 1.86. The summed E-state index contributed by atoms with van der Waals surface area (Å²) in [6.07, 6.45) is 2.35. The van der Waals surface area contributed by atoms with Gasteiger partial charge in [0.05, 0.1) is 12.2 Å². The zero-order chi connectivity index (χ0) is 15.1. The van der Waals surface area contributed by atoms with E-state index in [2.05, 4.69) is 5.32 Å². The number of ether oxygens (including phenoxy) is 2. The Morgan fingerprint density at radius 1 is 1.38 bits per heavy atom. The number of nitrogens with two attached hydrogens (primary N) is 1. The minimum Gasteiger partial charge on any atom is -0.490 e. The van der Waals surface area contributed by atoms with Gasteiger partial charge in [0, 0.05) is 19.2 Å². The van der Waals surface area contributed by atoms with E-state index in [1.807, 2.05) is 19.1 Å². The summed E-state index contributed by atoms with van der Waals surface area (Å²) in [7, 11) is 0. The molecule has 0 aromatic heterocycles. The van der Waals surface area contributed by atoms with E-state index in [1.165, 1.54) is 12.8 Å². The molecule has 1 aromatic carbocycles. The largest absolute Gasteiger partial charge is 0.490 e. The highest BCUT2D eigenvalue weighted by atomic mass is 16.5. The molecule has 0 saturated heterocycles. The molecule has 5 nitrogen and oxygen atoms in total. The lowest BCUT2D eigenvalue weighted by molar-refractivity contribution is 0.0933. The number of rotatable bonds is 9. The summed E-state index contributed by atoms with van der Waals surface area (Å²) >= 11 is 0. The van der Waals surface area contributed by atoms with Crippen LogP contribution >= 0.6 is 0 Å². The fourth-order valence-corrected chi connectivity index (χ4v) is 2.13. The Hall–Kier alpha value is -1.59. The van der Waals surface area contributed by atoms with Crippen molar-refractivity contribution in [2.75, 3.05) is 26.4 Å². The highest BCUT2D eigenvalue weighted by Gasteiger charge is 2.28. The van der Waals surface area contributed by atoms with Crippen LogP contribution in [0.1, 0.15) is 30.1 Å². The molecule has 1 amide bonds. The summed E-state index contributed by atoms with van der Waals surface area (Å²) in [5.41, 5.74) is 6.53. The summed E-state index contributed by atoms with van der Waals surface area (Å²) in [5, 5.41) is 2.89. The van der Waals surface area contributed by atoms with Crippen molar-refractivity contribution in [2.24, 2.45) is 11.7 Å². The van der Waals surface area contributed by atoms with Crippen LogP contribution in [0.3, 0.4) is 0 Å². The lowest BCUT2D eigenvalue weighted by atomic mass is 10.1. The van der Waals surface area contributed by atoms with Crippen LogP contribution in [0.25, 0.3) is 0 Å². The maximum absolute atomic E-state index is 12.2. The highest BCUT2D eigenvalue weighted by molar-refractivity contribution is 5.96. The van der Waals surface area contributed by atoms with Crippen molar-refractivity contribution in [3.63, 3.8) is 0 Å². The summed E-state index contributed by atoms with van der Waals surface area (Å²) in [4.78, 5) is 12.2. The minimum atomic E-state index is -0.141. The number of benzene rings is 1. The average molecular weight is 292 g/mol. The van der Waals surface area contributed by atoms with Gasteiger partial charge in [-0.2, -0.15) is 0 Å². The number of nitrogens with one attached hydrogen (secondary N) is 1. The summed E-state index contributed by atoms with van der Waals surface area (Å²) in [6.45, 7) is 4.05. The molecule has 1 fully saturated rings. The van der Waals surface area contributed by atoms with Crippen molar-refractivity contribution in [3.8, 4) is 5.75 Å². The minimum absolute atomic E-state index is 0.0555. The molecule has 0 heterocycles. The maximum Gasteiger partial charge on any atom is 0.255 e. The van der Waals surface area contributed by atoms with Crippen LogP contribution < -0.4 is 15.8 Å². The van der Waals surface area contributed by atoms with Crippen LogP contribution in [-0.2, 0) is 4.74 Å². The second kappa shape index (κ2) is 8.00. The lowest BCUT2D eigenvalue weighted by Crippen LogP contribution is -2.38. The SMILES string of the molecule is CCOCCOc1ccccc1C(=O)NCC(N)C1CC1. The molecule has 3 N–H and O–H groups in total. The molecule has 21 heavy (non-hydrogen) atoms. The van der Waals surface area contributed by atoms with Gasteiger partial charge in [-0.3, -0.25) is 4.79 Å². The molecule has 0 aliphatic heterocycles. The Morgan fingerprint density at radius 2 is 2.14 bits per heavy atom. The first-order valence-corrected chi connectivity index (χ1v) is 7.55. The third kappa shape index (κ3) is 5.02. The molecule has 116 valence electrons. The van der Waals surface area contributed by atoms with Gasteiger partial charge in [0.15, 0.2) is 0 Å². The molecular formula is C16H24N2O3. The van der Waals surface area contributed by atoms with Gasteiger partial charge in [0.2, 0.25) is 0 Å². The molecular weight excluding hydrogens is 268 g/mol. The van der Waals surface area contributed by atoms with E-state index in [4.69, 9.17) is 15.2 Å². The van der Waals surface area contributed by atoms with Gasteiger partial charge in [-0.1, -0.05) is 12.1 Å². The highest BCUT2D eigenvalue weighted by Crippen LogP contribution is 2.31. The smallest absolute Gasteiger partial charge is 0.255 e. The van der Waals surface area contributed by atoms with E-state index in [0.717, 1.165) is 0 Å². The van der Waals surface area contributed by atoms with Crippen molar-refractivity contribution in [2.45, 2.75) is 25.8 Å². The van der Waals surface area contributed by atoms with Crippen LogP contribution in [0.5, 0.6) is 5.75 Å². The zero-order valence-corrected chi connectivity index (χ0v) is 12.5. The summed E-state index contributed by atoms with van der Waals surface area (Å²) in [6, 6.07) is 7.28. The maximum atomic E-state index is 12.2. The van der Waals surface area contributed by atoms with E-state index < -0.39 is 0 Å². The summed E-state index contributed by atoms with van der Waals surface area (Å²) in [5.74, 6) is 1.01. The predicted molar refractivity (Wildman–Crippen MR) is 81.5 cm³/mol. The molecule has 5 heteroatoms. The standard InChI is InChI=1S/C16H24N2O3/c1-2-20-9-10-21-15-6-4-3-5-13(15)16(19)18-11-14(17)12-7-8-12/h3-6,12,14H,2,7-11,17H2,1H3,(H,18,19). The number of hydrogen-bond donors (Lipinski definition) is 2. The van der Waals surface area contributed by atoms with Crippen LogP contribution in [0.2, 0.25) is 0 Å². The lowest BCUT2D eigenvalue weighted by Gasteiger charge is -2.14. The Bertz CT molecular complexity index is 461. The van der Waals surface area contributed by atoms with E-state index in [-0.39, 0.29) is 11.9 Å². The fraction of sp³-hybridized carbons (Fsp3) is 0.562. The third-order valence-electron chi connectivity index (χ3n) is 3.55. The number of para-hydroxylation sites is 1. The van der Waals surface area contributed by atoms with Crippen molar-refractivity contribution >= 4 is 5.91 Å². The van der Waals surface area contributed by atoms with Crippen molar-refractivity contribution in [1.29, 1.82) is 0 Å². The van der Waals surface area contributed by atoms with Gasteiger partial charge < -0.3 is 20.5 Å². The summed E-state index contributed by atoms with van der Waals surface area (Å²) < 4.78 is 10.8. The van der Waals surface area contributed by atoms with Crippen molar-refractivity contribution in [3.05, 3.63) is 29.8 Å². The van der Waals surface area contributed by atoms with E-state index in [0.29, 0.717) is 43.6 Å². The van der Waals surface area contributed by atoms with Gasteiger partial charge >= 0.3 is 0 Å². The van der Waals surface area contributed by atoms with Gasteiger partial charge in [0.25, 0.3) is 5.91 Å². The van der Waals surface area contributed by atoms with Gasteiger partial charge in [0.1, 0.15) is 12.4 Å². The molecule has 1 atom stereocenters. The number of carbonyl (C=O) groups excluding carboxylic acids is 1. The number of hydrogen-bond acceptors (Lipinski definition) is 4. The van der Waals surface area contributed by atoms with E-state index in [1.54, 1.807) is 12.1 Å². The first kappa shape index (κ1) is 15.8. The van der Waals surface area contributed by atoms with Gasteiger partial charge in [-0.05, 0) is 37.8 Å². The molecule has 1 aliphatic carbocycles. The molecule has 2 rings (SSSR count). The molecule has 1 aromatic rings. The second-order valence-electron chi connectivity index (χ2n) is 5.25. The topological polar surface area (TPSA) is 73.6 Å². The normalized spacial score (nSPS) is 15.5. The molecule has 1 unspecified atom stereocenters. The Labute approximate surface area is 125 Å². The predicted octanol–water partition coefficient (Wildman–Crippen LogP) is 1.57. The third-order valence-corrected chi connectivity index (χ3v) is 3.55. The zero-order valence-electron chi connectivity index (χ0n) is 12.5. The van der Waals surface area contributed by atoms with Crippen LogP contribution in [-0.4, -0.2) is 38.3 Å². The second-order valence-corrected chi connectivity index (χ2v) is 5.25. The van der Waals surface area contributed by atoms with Gasteiger partial charge in [-0.15, -0.1) is 0 Å². The van der Waals surface area contributed by atoms with E-state index in [9.17, 15) is 4.79 Å². The molecule has 0 radical (unpaired) electrons. The quantitative estimate of drug-likeness (QED) is 0.678. The van der Waals surface area contributed by atoms with Crippen LogP contribution in [0.15, 0.2) is 24.3 Å². The molecule has 0 bridgehead atoms. The Kier molecular flexibility index (Phi) is 6.02. The van der Waals surface area contributed by atoms with Crippen LogP contribution in [0, 0.1) is 5.92 Å². The molecule has 1 saturated carbocycles. The van der Waals surface area contributed by atoms with Crippen molar-refractivity contribution in [1.82, 2.24) is 5.32 Å². The monoisotopic (exact) mass is 292 g/mol. The number of amides is 1. The van der Waals surface area contributed by atoms with E-state index >= 15 is 0 Å². The molecule has 1 aliphatic rings. The van der Waals surface area contributed by atoms with Crippen LogP contribution in [0.4, 0.5) is 0 Å². The first-order chi connectivity index (χ1) is 10.2. The Morgan fingerprint density at radius 3 is 2.86 bits per heavy atom. The molecule has 0 spiro atoms. The fourth-order valence-electron chi connectivity index (χ4n) is 2.13. The first-order valence-electron chi connectivity index (χ1n) is 7.55. The van der Waals surface area contributed by atoms with Gasteiger partial charge in [-0.25, -0.2) is 0 Å². The van der Waals surface area contributed by atoms with Crippen molar-refractivity contribution < 1.29 is 14.3 Å². The average Bonchev–Trinajstić information content (AvgIpc) is 3.34. The number of carbonyl (C=O) groups is 1.